The number of methoxy groups -OCH3 is 1. The first-order valence-electron chi connectivity index (χ1n) is 9.57. The van der Waals surface area contributed by atoms with E-state index in [1.54, 1.807) is 12.1 Å². The van der Waals surface area contributed by atoms with E-state index in [2.05, 4.69) is 27.8 Å². The molecule has 0 aliphatic carbocycles. The molecular weight excluding hydrogens is 448 g/mol. The highest BCUT2D eigenvalue weighted by Crippen LogP contribution is 2.37. The number of phenols is 1. The SMILES string of the molecule is CCN1CC(=Cc2cc(OC)c(O)cc2Br)c2nc3ccccc3c(C(=O)O)c2C1. The Kier molecular flexibility index (Phi) is 5.49. The van der Waals surface area contributed by atoms with Crippen LogP contribution in [0.4, 0.5) is 0 Å². The molecule has 154 valence electrons. The summed E-state index contributed by atoms with van der Waals surface area (Å²) in [6.07, 6.45) is 1.97. The largest absolute Gasteiger partial charge is 0.504 e. The molecule has 2 heterocycles. The number of pyridine rings is 1. The molecule has 0 radical (unpaired) electrons. The van der Waals surface area contributed by atoms with Gasteiger partial charge in [-0.05, 0) is 42.0 Å². The van der Waals surface area contributed by atoms with Crippen molar-refractivity contribution in [1.29, 1.82) is 0 Å². The first-order valence-corrected chi connectivity index (χ1v) is 10.4. The fourth-order valence-electron chi connectivity index (χ4n) is 3.87. The molecule has 0 bridgehead atoms. The van der Waals surface area contributed by atoms with Crippen molar-refractivity contribution in [3.8, 4) is 11.5 Å². The minimum Gasteiger partial charge on any atom is -0.504 e. The number of benzene rings is 2. The van der Waals surface area contributed by atoms with Crippen molar-refractivity contribution < 1.29 is 19.7 Å². The number of carboxylic acids is 1. The molecule has 0 saturated heterocycles. The second kappa shape index (κ2) is 8.08. The zero-order valence-electron chi connectivity index (χ0n) is 16.6. The molecule has 4 rings (SSSR count). The van der Waals surface area contributed by atoms with Crippen LogP contribution in [0, 0.1) is 0 Å². The van der Waals surface area contributed by atoms with Crippen LogP contribution >= 0.6 is 15.9 Å². The Morgan fingerprint density at radius 2 is 2.07 bits per heavy atom. The number of phenolic OH excluding ortho intramolecular Hbond substituents is 1. The lowest BCUT2D eigenvalue weighted by molar-refractivity contribution is 0.0696. The van der Waals surface area contributed by atoms with Crippen molar-refractivity contribution in [2.75, 3.05) is 20.2 Å². The summed E-state index contributed by atoms with van der Waals surface area (Å²) >= 11 is 3.50. The van der Waals surface area contributed by atoms with Gasteiger partial charge in [-0.25, -0.2) is 9.78 Å². The first-order chi connectivity index (χ1) is 14.4. The van der Waals surface area contributed by atoms with Crippen LogP contribution < -0.4 is 4.74 Å². The van der Waals surface area contributed by atoms with E-state index in [9.17, 15) is 15.0 Å². The molecule has 3 aromatic rings. The number of para-hydroxylation sites is 1. The fourth-order valence-corrected chi connectivity index (χ4v) is 4.31. The average molecular weight is 469 g/mol. The standard InChI is InChI=1S/C23H21BrN2O4/c1-3-26-11-14(8-13-9-20(30-2)19(27)10-17(13)24)22-16(12-26)21(23(28)29)15-6-4-5-7-18(15)25-22/h4-10,27H,3,11-12H2,1-2H3,(H,28,29). The molecule has 1 aliphatic heterocycles. The third-order valence-electron chi connectivity index (χ3n) is 5.36. The van der Waals surface area contributed by atoms with Gasteiger partial charge in [0, 0.05) is 28.5 Å². The Bertz CT molecular complexity index is 1190. The highest BCUT2D eigenvalue weighted by atomic mass is 79.9. The maximum atomic E-state index is 12.2. The number of ether oxygens (including phenoxy) is 1. The summed E-state index contributed by atoms with van der Waals surface area (Å²) in [6.45, 7) is 4.01. The van der Waals surface area contributed by atoms with Crippen LogP contribution in [0.25, 0.3) is 22.6 Å². The topological polar surface area (TPSA) is 82.9 Å². The van der Waals surface area contributed by atoms with Crippen LogP contribution in [0.5, 0.6) is 11.5 Å². The zero-order valence-corrected chi connectivity index (χ0v) is 18.2. The minimum atomic E-state index is -0.949. The molecule has 7 heteroatoms. The number of carboxylic acid groups (broad SMARTS) is 1. The van der Waals surface area contributed by atoms with Crippen molar-refractivity contribution >= 4 is 44.5 Å². The van der Waals surface area contributed by atoms with Crippen molar-refractivity contribution in [3.05, 3.63) is 63.3 Å². The molecule has 1 aliphatic rings. The monoisotopic (exact) mass is 468 g/mol. The van der Waals surface area contributed by atoms with Crippen molar-refractivity contribution in [1.82, 2.24) is 9.88 Å². The molecule has 2 aromatic carbocycles. The molecule has 1 aromatic heterocycles. The fraction of sp³-hybridized carbons (Fsp3) is 0.217. The number of carbonyl (C=O) groups is 1. The van der Waals surface area contributed by atoms with E-state index in [4.69, 9.17) is 9.72 Å². The Labute approximate surface area is 182 Å². The third-order valence-corrected chi connectivity index (χ3v) is 6.05. The Morgan fingerprint density at radius 3 is 2.77 bits per heavy atom. The van der Waals surface area contributed by atoms with Crippen molar-refractivity contribution in [3.63, 3.8) is 0 Å². The molecule has 0 saturated carbocycles. The number of hydrogen-bond acceptors (Lipinski definition) is 5. The second-order valence-electron chi connectivity index (χ2n) is 7.15. The normalized spacial score (nSPS) is 15.4. The van der Waals surface area contributed by atoms with Gasteiger partial charge in [0.15, 0.2) is 11.5 Å². The Hall–Kier alpha value is -2.90. The Balaban J connectivity index is 1.98. The summed E-state index contributed by atoms with van der Waals surface area (Å²) in [6, 6.07) is 10.7. The molecule has 0 fully saturated rings. The zero-order chi connectivity index (χ0) is 21.4. The predicted molar refractivity (Wildman–Crippen MR) is 120 cm³/mol. The predicted octanol–water partition coefficient (Wildman–Crippen LogP) is 4.79. The summed E-state index contributed by atoms with van der Waals surface area (Å²) in [4.78, 5) is 19.2. The van der Waals surface area contributed by atoms with Crippen LogP contribution in [-0.2, 0) is 6.54 Å². The second-order valence-corrected chi connectivity index (χ2v) is 8.01. The van der Waals surface area contributed by atoms with Gasteiger partial charge in [0.1, 0.15) is 0 Å². The molecule has 0 atom stereocenters. The molecular formula is C23H21BrN2O4. The highest BCUT2D eigenvalue weighted by Gasteiger charge is 2.28. The van der Waals surface area contributed by atoms with Gasteiger partial charge in [-0.3, -0.25) is 4.90 Å². The van der Waals surface area contributed by atoms with Crippen LogP contribution in [-0.4, -0.2) is 46.3 Å². The number of fused-ring (bicyclic) bond motifs is 2. The molecule has 30 heavy (non-hydrogen) atoms. The van der Waals surface area contributed by atoms with Gasteiger partial charge < -0.3 is 14.9 Å². The number of halogens is 1. The van der Waals surface area contributed by atoms with Crippen LogP contribution in [0.2, 0.25) is 0 Å². The number of aromatic carboxylic acids is 1. The lowest BCUT2D eigenvalue weighted by Crippen LogP contribution is -2.31. The number of rotatable bonds is 4. The van der Waals surface area contributed by atoms with Gasteiger partial charge in [-0.1, -0.05) is 41.1 Å². The maximum absolute atomic E-state index is 12.2. The van der Waals surface area contributed by atoms with E-state index < -0.39 is 5.97 Å². The van der Waals surface area contributed by atoms with E-state index >= 15 is 0 Å². The third kappa shape index (κ3) is 3.55. The van der Waals surface area contributed by atoms with Crippen molar-refractivity contribution in [2.24, 2.45) is 0 Å². The van der Waals surface area contributed by atoms with Gasteiger partial charge in [-0.2, -0.15) is 0 Å². The van der Waals surface area contributed by atoms with Gasteiger partial charge in [0.05, 0.1) is 23.9 Å². The van der Waals surface area contributed by atoms with E-state index in [0.717, 1.165) is 23.2 Å². The van der Waals surface area contributed by atoms with E-state index in [1.807, 2.05) is 30.3 Å². The van der Waals surface area contributed by atoms with Gasteiger partial charge in [-0.15, -0.1) is 0 Å². The van der Waals surface area contributed by atoms with Gasteiger partial charge in [0.2, 0.25) is 0 Å². The van der Waals surface area contributed by atoms with Gasteiger partial charge in [0.25, 0.3) is 0 Å². The summed E-state index contributed by atoms with van der Waals surface area (Å²) in [5.74, 6) is -0.538. The van der Waals surface area contributed by atoms with Crippen molar-refractivity contribution in [2.45, 2.75) is 13.5 Å². The molecule has 0 amide bonds. The van der Waals surface area contributed by atoms with E-state index in [-0.39, 0.29) is 5.75 Å². The number of hydrogen-bond donors (Lipinski definition) is 2. The van der Waals surface area contributed by atoms with Gasteiger partial charge >= 0.3 is 5.97 Å². The quantitative estimate of drug-likeness (QED) is 0.572. The van der Waals surface area contributed by atoms with E-state index in [1.165, 1.54) is 7.11 Å². The lowest BCUT2D eigenvalue weighted by Gasteiger charge is -2.30. The van der Waals surface area contributed by atoms with Crippen LogP contribution in [0.3, 0.4) is 0 Å². The maximum Gasteiger partial charge on any atom is 0.336 e. The summed E-state index contributed by atoms with van der Waals surface area (Å²) in [5.41, 5.74) is 4.13. The lowest BCUT2D eigenvalue weighted by atomic mass is 9.92. The first kappa shape index (κ1) is 20.4. The van der Waals surface area contributed by atoms with Crippen LogP contribution in [0.1, 0.15) is 34.1 Å². The number of likely N-dealkylation sites (N-methyl/N-ethyl adjacent to an activating group) is 1. The number of nitrogens with zero attached hydrogens (tertiary/aromatic N) is 2. The highest BCUT2D eigenvalue weighted by molar-refractivity contribution is 9.10. The summed E-state index contributed by atoms with van der Waals surface area (Å²) in [7, 11) is 1.50. The molecule has 6 nitrogen and oxygen atoms in total. The minimum absolute atomic E-state index is 0.0445. The average Bonchev–Trinajstić information content (AvgIpc) is 2.73. The number of aromatic nitrogens is 1. The van der Waals surface area contributed by atoms with E-state index in [0.29, 0.717) is 45.5 Å². The molecule has 2 N–H and O–H groups in total. The van der Waals surface area contributed by atoms with Crippen LogP contribution in [0.15, 0.2) is 40.9 Å². The number of aromatic hydroxyl groups is 1. The smallest absolute Gasteiger partial charge is 0.336 e. The summed E-state index contributed by atoms with van der Waals surface area (Å²) in [5, 5.41) is 20.7. The molecule has 0 unspecified atom stereocenters. The summed E-state index contributed by atoms with van der Waals surface area (Å²) < 4.78 is 5.96. The molecule has 0 spiro atoms. The Morgan fingerprint density at radius 1 is 1.30 bits per heavy atom.